The first-order valence-electron chi connectivity index (χ1n) is 37.7. The second-order valence-electron chi connectivity index (χ2n) is 29.5. The lowest BCUT2D eigenvalue weighted by molar-refractivity contribution is -0.654. The van der Waals surface area contributed by atoms with Gasteiger partial charge in [-0.25, -0.2) is 28.2 Å². The minimum absolute atomic E-state index is 0.0844. The minimum Gasteiger partial charge on any atom is -0.455 e. The number of rotatable bonds is 8. The Balaban J connectivity index is 0.000000108. The SMILES string of the molecule is CN1C=c2c(oc3ncccc23)=CB1c1cc(-c2ccccc2)cc[n+]1C.Cc1c[n+](C)c(B2C=c3c(oc4ccccc34)=CN2C)cc1-c1ccccc1.Cc1c[n+](C)c(B2C=c3oc4ncccc4c3=CN2C)cc1-c1ccccc1.Cc1cc(B2C=c3c(oc4ccccc34)=CN2C)[n+](C)cc1-c1ccccc1. The molecule has 0 saturated heterocycles. The largest absolute Gasteiger partial charge is 0.455 e. The lowest BCUT2D eigenvalue weighted by Gasteiger charge is -2.21. The van der Waals surface area contributed by atoms with Gasteiger partial charge in [-0.2, -0.15) is 0 Å². The van der Waals surface area contributed by atoms with Crippen LogP contribution in [-0.2, 0) is 28.2 Å². The number of benzene rings is 6. The molecule has 0 aliphatic carbocycles. The highest BCUT2D eigenvalue weighted by Crippen LogP contribution is 2.26. The maximum Gasteiger partial charge on any atom is 0.399 e. The monoisotopic (exact) mass is 1450 g/mol. The van der Waals surface area contributed by atoms with Crippen LogP contribution < -0.4 is 83.2 Å². The van der Waals surface area contributed by atoms with Gasteiger partial charge in [0.1, 0.15) is 61.0 Å². The highest BCUT2D eigenvalue weighted by atomic mass is 16.3. The average molecular weight is 1450 g/mol. The summed E-state index contributed by atoms with van der Waals surface area (Å²) in [6.07, 6.45) is 20.9. The van der Waals surface area contributed by atoms with Gasteiger partial charge in [-0.1, -0.05) is 170 Å². The van der Waals surface area contributed by atoms with Crippen LogP contribution in [0.25, 0.3) is 137 Å². The van der Waals surface area contributed by atoms with E-state index in [2.05, 4.69) is 380 Å². The van der Waals surface area contributed by atoms with Gasteiger partial charge in [0.25, 0.3) is 0 Å². The van der Waals surface area contributed by atoms with Gasteiger partial charge >= 0.3 is 27.4 Å². The molecule has 6 aromatic carbocycles. The first-order chi connectivity index (χ1) is 54.0. The summed E-state index contributed by atoms with van der Waals surface area (Å²) in [5.41, 5.74) is 25.6. The van der Waals surface area contributed by atoms with E-state index in [1.807, 2.05) is 42.5 Å². The van der Waals surface area contributed by atoms with E-state index in [1.54, 1.807) is 12.4 Å². The lowest BCUT2D eigenvalue weighted by Crippen LogP contribution is -2.61. The molecule has 20 rings (SSSR count). The van der Waals surface area contributed by atoms with Gasteiger partial charge in [0.2, 0.25) is 11.4 Å². The highest BCUT2D eigenvalue weighted by Gasteiger charge is 2.36. The average Bonchev–Trinajstić information content (AvgIpc) is 1.66. The molecule has 14 nitrogen and oxygen atoms in total. The van der Waals surface area contributed by atoms with Crippen LogP contribution in [0.15, 0.2) is 279 Å². The predicted molar refractivity (Wildman–Crippen MR) is 452 cm³/mol. The molecule has 0 fully saturated rings. The fourth-order valence-corrected chi connectivity index (χ4v) is 16.2. The molecule has 0 amide bonds. The van der Waals surface area contributed by atoms with Crippen molar-refractivity contribution in [3.05, 3.63) is 321 Å². The molecule has 10 aromatic heterocycles. The van der Waals surface area contributed by atoms with Crippen LogP contribution in [0.1, 0.15) is 16.7 Å². The fraction of sp³-hybridized carbons (Fsp3) is 0.118. The topological polar surface area (TPSA) is 107 Å². The normalized spacial score (nSPS) is 13.3. The number of fused-ring (bicyclic) bond motifs is 12. The first-order valence-corrected chi connectivity index (χ1v) is 37.7. The number of furan rings is 4. The molecule has 14 heterocycles. The summed E-state index contributed by atoms with van der Waals surface area (Å²) >= 11 is 0. The number of aromatic nitrogens is 6. The van der Waals surface area contributed by atoms with Crippen molar-refractivity contribution < 1.29 is 35.9 Å². The van der Waals surface area contributed by atoms with Crippen molar-refractivity contribution in [3.8, 4) is 44.5 Å². The summed E-state index contributed by atoms with van der Waals surface area (Å²) in [5.74, 6) is 9.01. The van der Waals surface area contributed by atoms with Crippen LogP contribution in [0.3, 0.4) is 0 Å². The van der Waals surface area contributed by atoms with Gasteiger partial charge in [0.15, 0.2) is 47.2 Å². The molecule has 0 saturated carbocycles. The van der Waals surface area contributed by atoms with E-state index < -0.39 is 0 Å². The summed E-state index contributed by atoms with van der Waals surface area (Å²) in [6.45, 7) is 7.00. The summed E-state index contributed by atoms with van der Waals surface area (Å²) in [6, 6.07) is 78.0. The minimum atomic E-state index is 0.0844. The number of hydrogen-bond acceptors (Lipinski definition) is 10. The van der Waals surface area contributed by atoms with Crippen LogP contribution in [-0.4, -0.2) is 84.8 Å². The van der Waals surface area contributed by atoms with Gasteiger partial charge in [-0.15, -0.1) is 0 Å². The molecule has 0 bridgehead atoms. The Kier molecular flexibility index (Phi) is 19.0. The van der Waals surface area contributed by atoms with Crippen LogP contribution in [0.4, 0.5) is 0 Å². The van der Waals surface area contributed by atoms with Crippen molar-refractivity contribution >= 4 is 143 Å². The third-order valence-corrected chi connectivity index (χ3v) is 22.0. The van der Waals surface area contributed by atoms with Crippen LogP contribution in [0, 0.1) is 20.8 Å². The molecule has 4 aliphatic rings. The number of aryl methyl sites for hydroxylation is 7. The van der Waals surface area contributed by atoms with E-state index in [0.717, 1.165) is 54.0 Å². The molecule has 0 radical (unpaired) electrons. The van der Waals surface area contributed by atoms with Crippen molar-refractivity contribution in [1.82, 2.24) is 29.2 Å². The number of pyridine rings is 6. The molecule has 0 N–H and O–H groups in total. The molecule has 4 aliphatic heterocycles. The maximum absolute atomic E-state index is 6.05. The number of para-hydroxylation sites is 2. The summed E-state index contributed by atoms with van der Waals surface area (Å²) < 4.78 is 33.0. The molecular weight excluding hydrogens is 1360 g/mol. The second-order valence-corrected chi connectivity index (χ2v) is 29.5. The zero-order valence-corrected chi connectivity index (χ0v) is 64.4. The van der Waals surface area contributed by atoms with Gasteiger partial charge in [-0.3, -0.25) is 0 Å². The summed E-state index contributed by atoms with van der Waals surface area (Å²) in [7, 11) is 16.9. The first kappa shape index (κ1) is 70.8. The smallest absolute Gasteiger partial charge is 0.399 e. The second kappa shape index (κ2) is 29.8. The zero-order chi connectivity index (χ0) is 76.1. The summed E-state index contributed by atoms with van der Waals surface area (Å²) in [5, 5.41) is 9.01. The Bertz CT molecular complexity index is 6830. The van der Waals surface area contributed by atoms with E-state index in [0.29, 0.717) is 11.4 Å². The van der Waals surface area contributed by atoms with E-state index in [1.165, 1.54) is 105 Å². The van der Waals surface area contributed by atoms with Crippen molar-refractivity contribution in [3.63, 3.8) is 0 Å². The third kappa shape index (κ3) is 13.7. The molecule has 0 atom stereocenters. The molecule has 16 aromatic rings. The molecular formula is C93H84B4N10O4+4. The maximum atomic E-state index is 6.05. The Morgan fingerprint density at radius 3 is 1.13 bits per heavy atom. The van der Waals surface area contributed by atoms with Crippen molar-refractivity contribution in [2.45, 2.75) is 20.8 Å². The lowest BCUT2D eigenvalue weighted by atomic mass is 9.55. The molecule has 111 heavy (non-hydrogen) atoms. The molecule has 0 spiro atoms. The van der Waals surface area contributed by atoms with E-state index in [9.17, 15) is 0 Å². The van der Waals surface area contributed by atoms with Crippen LogP contribution >= 0.6 is 0 Å². The molecule has 538 valence electrons. The van der Waals surface area contributed by atoms with E-state index in [4.69, 9.17) is 17.7 Å². The van der Waals surface area contributed by atoms with Crippen molar-refractivity contribution in [2.24, 2.45) is 28.2 Å². The van der Waals surface area contributed by atoms with Gasteiger partial charge in [-0.05, 0) is 154 Å². The molecule has 0 unspecified atom stereocenters. The quantitative estimate of drug-likeness (QED) is 0.117. The highest BCUT2D eigenvalue weighted by molar-refractivity contribution is 6.84. The van der Waals surface area contributed by atoms with Gasteiger partial charge in [0, 0.05) is 114 Å². The summed E-state index contributed by atoms with van der Waals surface area (Å²) in [4.78, 5) is 17.6. The number of nitrogens with zero attached hydrogens (tertiary/aromatic N) is 10. The predicted octanol–water partition coefficient (Wildman–Crippen LogP) is 7.02. The zero-order valence-electron chi connectivity index (χ0n) is 64.4. The number of hydrogen-bond donors (Lipinski definition) is 0. The standard InChI is InChI=1S/2C24H22BN2O.C23H21BN3O.C22H19BN3O/c1-17-15-26(2)24(13-20(17)18-9-5-4-6-10-18)25-14-21-19-11-7-8-12-22(19)28-23(21)16-27(25)3;1-17-13-24(26(2)15-21(17)18-9-5-4-6-10-18)25-14-20-19-11-7-8-12-22(19)28-23(20)16-27(25)3;1-16-14-26(2)22(12-19(16)17-8-5-4-6-9-17)24-13-21-20(15-27(24)3)18-10-7-11-25-23(18)28-21;1-25-12-10-17(16-7-4-3-5-8-16)13-21(25)23-14-20-19(15-26(23)2)18-9-6-11-24-22(18)27-20/h2*4-16H,1-3H3;4-15H,1-3H3;3-15H,1-2H3/q4*+1. The van der Waals surface area contributed by atoms with E-state index >= 15 is 0 Å². The Morgan fingerprint density at radius 2 is 0.667 bits per heavy atom. The fourth-order valence-electron chi connectivity index (χ4n) is 16.2. The van der Waals surface area contributed by atoms with Crippen LogP contribution in [0.5, 0.6) is 0 Å². The molecule has 18 heteroatoms. The Morgan fingerprint density at radius 1 is 0.297 bits per heavy atom. The van der Waals surface area contributed by atoms with Crippen molar-refractivity contribution in [2.75, 3.05) is 28.2 Å². The van der Waals surface area contributed by atoms with Crippen LogP contribution in [0.2, 0.25) is 0 Å². The third-order valence-electron chi connectivity index (χ3n) is 22.0. The van der Waals surface area contributed by atoms with Gasteiger partial charge in [0.05, 0.1) is 0 Å². The van der Waals surface area contributed by atoms with Gasteiger partial charge < -0.3 is 36.9 Å². The Hall–Kier alpha value is -13.2. The Labute approximate surface area is 646 Å². The van der Waals surface area contributed by atoms with Crippen molar-refractivity contribution in [1.29, 1.82) is 0 Å². The van der Waals surface area contributed by atoms with E-state index in [-0.39, 0.29) is 27.4 Å².